The van der Waals surface area contributed by atoms with E-state index >= 15 is 0 Å². The fourth-order valence-electron chi connectivity index (χ4n) is 1.54. The van der Waals surface area contributed by atoms with Crippen LogP contribution in [0, 0.1) is 0 Å². The fourth-order valence-corrected chi connectivity index (χ4v) is 2.65. The second-order valence-electron chi connectivity index (χ2n) is 3.81. The molecule has 1 aromatic carbocycles. The Morgan fingerprint density at radius 3 is 2.32 bits per heavy atom. The number of thiophene rings is 1. The number of halogens is 1. The third kappa shape index (κ3) is 2.77. The number of carboxylic acids is 1. The van der Waals surface area contributed by atoms with E-state index in [1.807, 2.05) is 0 Å². The van der Waals surface area contributed by atoms with Crippen LogP contribution in [0.15, 0.2) is 35.7 Å². The van der Waals surface area contributed by atoms with E-state index in [0.29, 0.717) is 15.6 Å². The maximum Gasteiger partial charge on any atom is 0.335 e. The van der Waals surface area contributed by atoms with Gasteiger partial charge < -0.3 is 10.0 Å². The molecule has 0 radical (unpaired) electrons. The summed E-state index contributed by atoms with van der Waals surface area (Å²) in [5.74, 6) is -1.22. The third-order valence-electron chi connectivity index (χ3n) is 2.62. The predicted molar refractivity (Wildman–Crippen MR) is 75.5 cm³/mol. The zero-order chi connectivity index (χ0) is 14.0. The zero-order valence-electron chi connectivity index (χ0n) is 9.96. The molecule has 1 N–H and O–H groups in total. The topological polar surface area (TPSA) is 57.6 Å². The average Bonchev–Trinajstić information content (AvgIpc) is 2.83. The van der Waals surface area contributed by atoms with Gasteiger partial charge in [0.15, 0.2) is 0 Å². The normalized spacial score (nSPS) is 10.2. The van der Waals surface area contributed by atoms with Crippen molar-refractivity contribution in [3.8, 4) is 0 Å². The van der Waals surface area contributed by atoms with Crippen LogP contribution in [0.5, 0.6) is 0 Å². The number of amides is 1. The van der Waals surface area contributed by atoms with Crippen LogP contribution >= 0.6 is 22.9 Å². The minimum Gasteiger partial charge on any atom is -0.478 e. The lowest BCUT2D eigenvalue weighted by Crippen LogP contribution is -2.25. The second kappa shape index (κ2) is 5.42. The van der Waals surface area contributed by atoms with Crippen molar-refractivity contribution in [2.75, 3.05) is 11.9 Å². The Morgan fingerprint density at radius 1 is 1.21 bits per heavy atom. The van der Waals surface area contributed by atoms with E-state index in [4.69, 9.17) is 16.7 Å². The van der Waals surface area contributed by atoms with Gasteiger partial charge in [-0.05, 0) is 35.7 Å². The summed E-state index contributed by atoms with van der Waals surface area (Å²) in [6.45, 7) is 0. The number of aromatic carboxylic acids is 1. The maximum atomic E-state index is 12.2. The van der Waals surface area contributed by atoms with Crippen LogP contribution in [0.25, 0.3) is 0 Å². The van der Waals surface area contributed by atoms with Crippen molar-refractivity contribution >= 4 is 40.5 Å². The molecule has 0 fully saturated rings. The van der Waals surface area contributed by atoms with Gasteiger partial charge in [-0.1, -0.05) is 11.6 Å². The first-order valence-electron chi connectivity index (χ1n) is 5.35. The van der Waals surface area contributed by atoms with Gasteiger partial charge in [0.1, 0.15) is 4.88 Å². The highest BCUT2D eigenvalue weighted by molar-refractivity contribution is 7.12. The molecule has 1 heterocycles. The SMILES string of the molecule is CN(C(=O)c1sccc1Cl)c1ccc(C(=O)O)cc1. The van der Waals surface area contributed by atoms with Crippen LogP contribution in [-0.4, -0.2) is 24.0 Å². The van der Waals surface area contributed by atoms with Crippen molar-refractivity contribution in [3.63, 3.8) is 0 Å². The van der Waals surface area contributed by atoms with Gasteiger partial charge in [-0.3, -0.25) is 4.79 Å². The number of carbonyl (C=O) groups is 2. The molecule has 0 atom stereocenters. The molecule has 6 heteroatoms. The van der Waals surface area contributed by atoms with Gasteiger partial charge in [0.05, 0.1) is 10.6 Å². The number of nitrogens with zero attached hydrogens (tertiary/aromatic N) is 1. The Labute approximate surface area is 118 Å². The first-order valence-corrected chi connectivity index (χ1v) is 6.61. The van der Waals surface area contributed by atoms with Crippen LogP contribution in [0.4, 0.5) is 5.69 Å². The van der Waals surface area contributed by atoms with E-state index in [2.05, 4.69) is 0 Å². The molecular formula is C13H10ClNO3S. The van der Waals surface area contributed by atoms with Gasteiger partial charge in [-0.2, -0.15) is 0 Å². The minimum absolute atomic E-state index is 0.179. The fraction of sp³-hybridized carbons (Fsp3) is 0.0769. The molecule has 0 saturated heterocycles. The van der Waals surface area contributed by atoms with Crippen molar-refractivity contribution in [2.24, 2.45) is 0 Å². The summed E-state index contributed by atoms with van der Waals surface area (Å²) in [6, 6.07) is 7.75. The van der Waals surface area contributed by atoms with E-state index in [0.717, 1.165) is 0 Å². The van der Waals surface area contributed by atoms with Gasteiger partial charge in [-0.15, -0.1) is 11.3 Å². The van der Waals surface area contributed by atoms with Gasteiger partial charge in [0.25, 0.3) is 5.91 Å². The van der Waals surface area contributed by atoms with Crippen LogP contribution in [-0.2, 0) is 0 Å². The summed E-state index contributed by atoms with van der Waals surface area (Å²) >= 11 is 7.19. The number of carbonyl (C=O) groups excluding carboxylic acids is 1. The summed E-state index contributed by atoms with van der Waals surface area (Å²) in [4.78, 5) is 24.8. The summed E-state index contributed by atoms with van der Waals surface area (Å²) in [6.07, 6.45) is 0. The molecule has 2 rings (SSSR count). The lowest BCUT2D eigenvalue weighted by Gasteiger charge is -2.16. The molecule has 0 unspecified atom stereocenters. The van der Waals surface area contributed by atoms with E-state index in [1.165, 1.54) is 28.4 Å². The van der Waals surface area contributed by atoms with E-state index in [1.54, 1.807) is 30.6 Å². The first-order chi connectivity index (χ1) is 9.00. The summed E-state index contributed by atoms with van der Waals surface area (Å²) in [5.41, 5.74) is 0.790. The Balaban J connectivity index is 2.24. The van der Waals surface area contributed by atoms with Crippen LogP contribution < -0.4 is 4.90 Å². The lowest BCUT2D eigenvalue weighted by atomic mass is 10.2. The second-order valence-corrected chi connectivity index (χ2v) is 5.14. The molecule has 1 aromatic heterocycles. The maximum absolute atomic E-state index is 12.2. The number of hydrogen-bond acceptors (Lipinski definition) is 3. The van der Waals surface area contributed by atoms with Gasteiger partial charge in [0.2, 0.25) is 0 Å². The highest BCUT2D eigenvalue weighted by Crippen LogP contribution is 2.25. The number of anilines is 1. The van der Waals surface area contributed by atoms with Crippen LogP contribution in [0.3, 0.4) is 0 Å². The number of benzene rings is 1. The minimum atomic E-state index is -0.998. The smallest absolute Gasteiger partial charge is 0.335 e. The highest BCUT2D eigenvalue weighted by atomic mass is 35.5. The van der Waals surface area contributed by atoms with Gasteiger partial charge in [0, 0.05) is 12.7 Å². The van der Waals surface area contributed by atoms with Crippen molar-refractivity contribution in [1.29, 1.82) is 0 Å². The average molecular weight is 296 g/mol. The summed E-state index contributed by atoms with van der Waals surface area (Å²) in [5, 5.41) is 11.0. The number of rotatable bonds is 3. The molecule has 0 aliphatic carbocycles. The molecule has 19 heavy (non-hydrogen) atoms. The van der Waals surface area contributed by atoms with Gasteiger partial charge in [-0.25, -0.2) is 4.79 Å². The Bertz CT molecular complexity index is 621. The molecule has 0 saturated carbocycles. The Kier molecular flexibility index (Phi) is 3.87. The molecular weight excluding hydrogens is 286 g/mol. The number of carboxylic acid groups (broad SMARTS) is 1. The van der Waals surface area contributed by atoms with Crippen LogP contribution in [0.1, 0.15) is 20.0 Å². The van der Waals surface area contributed by atoms with E-state index < -0.39 is 5.97 Å². The van der Waals surface area contributed by atoms with E-state index in [-0.39, 0.29) is 11.5 Å². The summed E-state index contributed by atoms with van der Waals surface area (Å²) in [7, 11) is 1.62. The third-order valence-corrected chi connectivity index (χ3v) is 3.95. The Morgan fingerprint density at radius 2 is 1.84 bits per heavy atom. The molecule has 1 amide bonds. The monoisotopic (exact) mass is 295 g/mol. The Hall–Kier alpha value is -1.85. The van der Waals surface area contributed by atoms with Crippen molar-refractivity contribution in [2.45, 2.75) is 0 Å². The summed E-state index contributed by atoms with van der Waals surface area (Å²) < 4.78 is 0. The van der Waals surface area contributed by atoms with Crippen molar-refractivity contribution in [1.82, 2.24) is 0 Å². The van der Waals surface area contributed by atoms with Gasteiger partial charge >= 0.3 is 5.97 Å². The molecule has 0 aliphatic heterocycles. The predicted octanol–water partition coefficient (Wildman–Crippen LogP) is 3.38. The molecule has 98 valence electrons. The van der Waals surface area contributed by atoms with Crippen molar-refractivity contribution in [3.05, 3.63) is 51.2 Å². The first kappa shape index (κ1) is 13.6. The molecule has 0 aliphatic rings. The standard InChI is InChI=1S/C13H10ClNO3S/c1-15(12(16)11-10(14)6-7-19-11)9-4-2-8(3-5-9)13(17)18/h2-7H,1H3,(H,17,18). The largest absolute Gasteiger partial charge is 0.478 e. The quantitative estimate of drug-likeness (QED) is 0.944. The zero-order valence-corrected chi connectivity index (χ0v) is 11.5. The van der Waals surface area contributed by atoms with E-state index in [9.17, 15) is 9.59 Å². The molecule has 0 bridgehead atoms. The molecule has 4 nitrogen and oxygen atoms in total. The van der Waals surface area contributed by atoms with Crippen molar-refractivity contribution < 1.29 is 14.7 Å². The lowest BCUT2D eigenvalue weighted by molar-refractivity contribution is 0.0696. The highest BCUT2D eigenvalue weighted by Gasteiger charge is 2.18. The molecule has 0 spiro atoms. The molecule has 2 aromatic rings. The number of hydrogen-bond donors (Lipinski definition) is 1. The van der Waals surface area contributed by atoms with Crippen LogP contribution in [0.2, 0.25) is 5.02 Å².